The standard InChI is InChI=1S/C13H15N3O2/c1-3-16-8-10(7-14-16)15-13(18)11-5-4-9(2)6-12(11)17/h4-8,17H,3H2,1-2H3,(H,15,18). The van der Waals surface area contributed by atoms with Crippen LogP contribution in [0.15, 0.2) is 30.6 Å². The van der Waals surface area contributed by atoms with E-state index in [2.05, 4.69) is 10.4 Å². The lowest BCUT2D eigenvalue weighted by atomic mass is 10.1. The van der Waals surface area contributed by atoms with Crippen molar-refractivity contribution >= 4 is 11.6 Å². The molecule has 0 spiro atoms. The Labute approximate surface area is 105 Å². The van der Waals surface area contributed by atoms with Crippen molar-refractivity contribution < 1.29 is 9.90 Å². The van der Waals surface area contributed by atoms with E-state index in [1.165, 1.54) is 0 Å². The van der Waals surface area contributed by atoms with E-state index in [9.17, 15) is 9.90 Å². The molecule has 1 aromatic carbocycles. The van der Waals surface area contributed by atoms with E-state index in [1.54, 1.807) is 35.3 Å². The highest BCUT2D eigenvalue weighted by Gasteiger charge is 2.11. The van der Waals surface area contributed by atoms with Crippen molar-refractivity contribution in [2.75, 3.05) is 5.32 Å². The number of benzene rings is 1. The van der Waals surface area contributed by atoms with Crippen LogP contribution >= 0.6 is 0 Å². The van der Waals surface area contributed by atoms with Gasteiger partial charge in [-0.1, -0.05) is 6.07 Å². The van der Waals surface area contributed by atoms with E-state index in [-0.39, 0.29) is 17.2 Å². The molecule has 5 heteroatoms. The summed E-state index contributed by atoms with van der Waals surface area (Å²) in [6.45, 7) is 4.56. The van der Waals surface area contributed by atoms with Crippen LogP contribution in [0.1, 0.15) is 22.8 Å². The summed E-state index contributed by atoms with van der Waals surface area (Å²) in [5.74, 6) is -0.362. The van der Waals surface area contributed by atoms with Crippen molar-refractivity contribution in [2.45, 2.75) is 20.4 Å². The normalized spacial score (nSPS) is 10.3. The molecule has 0 bridgehead atoms. The Morgan fingerprint density at radius 1 is 1.50 bits per heavy atom. The predicted octanol–water partition coefficient (Wildman–Crippen LogP) is 2.17. The number of phenolic OH excluding ortho intramolecular Hbond substituents is 1. The van der Waals surface area contributed by atoms with Crippen LogP contribution in [0.3, 0.4) is 0 Å². The average molecular weight is 245 g/mol. The third kappa shape index (κ3) is 2.51. The third-order valence-electron chi connectivity index (χ3n) is 2.61. The zero-order valence-electron chi connectivity index (χ0n) is 10.3. The van der Waals surface area contributed by atoms with Gasteiger partial charge in [0.2, 0.25) is 0 Å². The number of amides is 1. The summed E-state index contributed by atoms with van der Waals surface area (Å²) in [5.41, 5.74) is 1.77. The van der Waals surface area contributed by atoms with Crippen molar-refractivity contribution in [1.29, 1.82) is 0 Å². The zero-order valence-corrected chi connectivity index (χ0v) is 10.3. The maximum atomic E-state index is 11.9. The molecular weight excluding hydrogens is 230 g/mol. The number of hydrogen-bond acceptors (Lipinski definition) is 3. The topological polar surface area (TPSA) is 67.2 Å². The molecule has 1 aromatic heterocycles. The quantitative estimate of drug-likeness (QED) is 0.870. The predicted molar refractivity (Wildman–Crippen MR) is 68.7 cm³/mol. The minimum Gasteiger partial charge on any atom is -0.507 e. The largest absolute Gasteiger partial charge is 0.507 e. The SMILES string of the molecule is CCn1cc(NC(=O)c2ccc(C)cc2O)cn1. The number of aryl methyl sites for hydroxylation is 2. The molecule has 0 atom stereocenters. The van der Waals surface area contributed by atoms with Crippen LogP contribution in [0, 0.1) is 6.92 Å². The van der Waals surface area contributed by atoms with Gasteiger partial charge >= 0.3 is 0 Å². The first kappa shape index (κ1) is 12.2. The minimum atomic E-state index is -0.344. The minimum absolute atomic E-state index is 0.0182. The molecular formula is C13H15N3O2. The number of aromatic hydroxyl groups is 1. The number of rotatable bonds is 3. The van der Waals surface area contributed by atoms with Gasteiger partial charge in [-0.3, -0.25) is 9.48 Å². The van der Waals surface area contributed by atoms with Gasteiger partial charge in [-0.15, -0.1) is 0 Å². The number of nitrogens with one attached hydrogen (secondary N) is 1. The molecule has 0 unspecified atom stereocenters. The van der Waals surface area contributed by atoms with Crippen LogP contribution in [0.4, 0.5) is 5.69 Å². The lowest BCUT2D eigenvalue weighted by molar-refractivity contribution is 0.102. The molecule has 94 valence electrons. The summed E-state index contributed by atoms with van der Waals surface area (Å²) in [6, 6.07) is 4.94. The van der Waals surface area contributed by atoms with Gasteiger partial charge in [0.05, 0.1) is 17.4 Å². The van der Waals surface area contributed by atoms with Crippen LogP contribution in [-0.4, -0.2) is 20.8 Å². The van der Waals surface area contributed by atoms with Crippen LogP contribution in [0.5, 0.6) is 5.75 Å². The van der Waals surface area contributed by atoms with E-state index >= 15 is 0 Å². The summed E-state index contributed by atoms with van der Waals surface area (Å²) in [6.07, 6.45) is 3.32. The number of hydrogen-bond donors (Lipinski definition) is 2. The van der Waals surface area contributed by atoms with Crippen molar-refractivity contribution in [3.05, 3.63) is 41.7 Å². The maximum absolute atomic E-state index is 11.9. The Balaban J connectivity index is 2.16. The Kier molecular flexibility index (Phi) is 3.32. The molecule has 18 heavy (non-hydrogen) atoms. The molecule has 1 heterocycles. The molecule has 0 fully saturated rings. The first-order valence-electron chi connectivity index (χ1n) is 5.73. The highest BCUT2D eigenvalue weighted by Crippen LogP contribution is 2.19. The molecule has 2 aromatic rings. The van der Waals surface area contributed by atoms with Gasteiger partial charge < -0.3 is 10.4 Å². The van der Waals surface area contributed by atoms with Crippen molar-refractivity contribution in [1.82, 2.24) is 9.78 Å². The third-order valence-corrected chi connectivity index (χ3v) is 2.61. The molecule has 0 aliphatic heterocycles. The molecule has 2 rings (SSSR count). The van der Waals surface area contributed by atoms with E-state index in [0.717, 1.165) is 12.1 Å². The maximum Gasteiger partial charge on any atom is 0.259 e. The highest BCUT2D eigenvalue weighted by atomic mass is 16.3. The van der Waals surface area contributed by atoms with Crippen molar-refractivity contribution in [3.63, 3.8) is 0 Å². The molecule has 0 radical (unpaired) electrons. The number of nitrogens with zero attached hydrogens (tertiary/aromatic N) is 2. The first-order valence-corrected chi connectivity index (χ1v) is 5.73. The van der Waals surface area contributed by atoms with Gasteiger partial charge in [-0.2, -0.15) is 5.10 Å². The van der Waals surface area contributed by atoms with Gasteiger partial charge in [-0.05, 0) is 31.5 Å². The lowest BCUT2D eigenvalue weighted by Gasteiger charge is -2.05. The van der Waals surface area contributed by atoms with Crippen molar-refractivity contribution in [3.8, 4) is 5.75 Å². The second kappa shape index (κ2) is 4.91. The Morgan fingerprint density at radius 2 is 2.28 bits per heavy atom. The van der Waals surface area contributed by atoms with E-state index in [4.69, 9.17) is 0 Å². The summed E-state index contributed by atoms with van der Waals surface area (Å²) < 4.78 is 1.71. The van der Waals surface area contributed by atoms with Crippen LogP contribution in [-0.2, 0) is 6.54 Å². The molecule has 0 aliphatic carbocycles. The Bertz CT molecular complexity index is 575. The summed E-state index contributed by atoms with van der Waals surface area (Å²) in [7, 11) is 0. The van der Waals surface area contributed by atoms with E-state index < -0.39 is 0 Å². The molecule has 0 saturated heterocycles. The zero-order chi connectivity index (χ0) is 13.1. The number of anilines is 1. The number of phenols is 1. The summed E-state index contributed by atoms with van der Waals surface area (Å²) >= 11 is 0. The number of aromatic nitrogens is 2. The monoisotopic (exact) mass is 245 g/mol. The first-order chi connectivity index (χ1) is 8.60. The number of carbonyl (C=O) groups is 1. The molecule has 2 N–H and O–H groups in total. The smallest absolute Gasteiger partial charge is 0.259 e. The van der Waals surface area contributed by atoms with E-state index in [1.807, 2.05) is 13.8 Å². The van der Waals surface area contributed by atoms with Gasteiger partial charge in [0.25, 0.3) is 5.91 Å². The fourth-order valence-corrected chi connectivity index (χ4v) is 1.63. The van der Waals surface area contributed by atoms with Crippen LogP contribution in [0.2, 0.25) is 0 Å². The second-order valence-electron chi connectivity index (χ2n) is 4.06. The summed E-state index contributed by atoms with van der Waals surface area (Å²) in [5, 5.41) is 16.5. The molecule has 1 amide bonds. The highest BCUT2D eigenvalue weighted by molar-refractivity contribution is 6.06. The Morgan fingerprint density at radius 3 is 2.89 bits per heavy atom. The van der Waals surface area contributed by atoms with Crippen LogP contribution in [0.25, 0.3) is 0 Å². The molecule has 0 saturated carbocycles. The van der Waals surface area contributed by atoms with Crippen molar-refractivity contribution in [2.24, 2.45) is 0 Å². The summed E-state index contributed by atoms with van der Waals surface area (Å²) in [4.78, 5) is 11.9. The van der Waals surface area contributed by atoms with Gasteiger partial charge in [0, 0.05) is 12.7 Å². The molecule has 0 aliphatic rings. The second-order valence-corrected chi connectivity index (χ2v) is 4.06. The Hall–Kier alpha value is -2.30. The van der Waals surface area contributed by atoms with Crippen LogP contribution < -0.4 is 5.32 Å². The number of carbonyl (C=O) groups excluding carboxylic acids is 1. The lowest BCUT2D eigenvalue weighted by Crippen LogP contribution is -2.11. The van der Waals surface area contributed by atoms with Gasteiger partial charge in [-0.25, -0.2) is 0 Å². The molecule has 5 nitrogen and oxygen atoms in total. The van der Waals surface area contributed by atoms with Gasteiger partial charge in [0.1, 0.15) is 5.75 Å². The van der Waals surface area contributed by atoms with Gasteiger partial charge in [0.15, 0.2) is 0 Å². The fraction of sp³-hybridized carbons (Fsp3) is 0.231. The average Bonchev–Trinajstić information content (AvgIpc) is 2.76. The van der Waals surface area contributed by atoms with E-state index in [0.29, 0.717) is 5.69 Å². The fourth-order valence-electron chi connectivity index (χ4n) is 1.63.